The van der Waals surface area contributed by atoms with Crippen LogP contribution in [0.2, 0.25) is 0 Å². The Labute approximate surface area is 126 Å². The van der Waals surface area contributed by atoms with Crippen LogP contribution in [-0.4, -0.2) is 23.5 Å². The summed E-state index contributed by atoms with van der Waals surface area (Å²) in [4.78, 5) is 4.42. The maximum absolute atomic E-state index is 13.8. The van der Waals surface area contributed by atoms with Crippen LogP contribution in [0.5, 0.6) is 0 Å². The topological polar surface area (TPSA) is 58.6 Å². The van der Waals surface area contributed by atoms with E-state index in [-0.39, 0.29) is 12.4 Å². The summed E-state index contributed by atoms with van der Waals surface area (Å²) in [7, 11) is 0. The van der Waals surface area contributed by atoms with E-state index < -0.39 is 6.10 Å². The van der Waals surface area contributed by atoms with E-state index >= 15 is 0 Å². The molecule has 0 fully saturated rings. The summed E-state index contributed by atoms with van der Waals surface area (Å²) < 4.78 is 14.4. The largest absolute Gasteiger partial charge is 0.385 e. The molecule has 0 aliphatic carbocycles. The van der Waals surface area contributed by atoms with Crippen molar-refractivity contribution in [3.8, 4) is 0 Å². The SMILES string of the molecule is C=CC(=N/C(=C\C)c1csc2c(F)cccc12)C(O)CN. The molecular formula is C16H17FN2OS. The molecule has 0 spiro atoms. The van der Waals surface area contributed by atoms with Crippen LogP contribution in [-0.2, 0) is 0 Å². The molecule has 1 heterocycles. The number of nitrogens with zero attached hydrogens (tertiary/aromatic N) is 1. The van der Waals surface area contributed by atoms with E-state index in [0.29, 0.717) is 16.1 Å². The summed E-state index contributed by atoms with van der Waals surface area (Å²) in [6.45, 7) is 5.56. The summed E-state index contributed by atoms with van der Waals surface area (Å²) in [6.07, 6.45) is 2.44. The van der Waals surface area contributed by atoms with E-state index in [2.05, 4.69) is 11.6 Å². The van der Waals surface area contributed by atoms with Gasteiger partial charge >= 0.3 is 0 Å². The second kappa shape index (κ2) is 6.76. The Morgan fingerprint density at radius 2 is 2.33 bits per heavy atom. The van der Waals surface area contributed by atoms with Crippen molar-refractivity contribution < 1.29 is 9.50 Å². The van der Waals surface area contributed by atoms with Gasteiger partial charge in [0.25, 0.3) is 0 Å². The molecule has 5 heteroatoms. The number of aliphatic hydroxyl groups excluding tert-OH is 1. The number of nitrogens with two attached hydrogens (primary N) is 1. The number of halogens is 1. The average molecular weight is 304 g/mol. The summed E-state index contributed by atoms with van der Waals surface area (Å²) in [5.74, 6) is -0.242. The van der Waals surface area contributed by atoms with Crippen molar-refractivity contribution >= 4 is 32.8 Å². The first kappa shape index (κ1) is 15.6. The van der Waals surface area contributed by atoms with Gasteiger partial charge in [0.15, 0.2) is 0 Å². The van der Waals surface area contributed by atoms with E-state index in [4.69, 9.17) is 5.73 Å². The number of hydrogen-bond acceptors (Lipinski definition) is 4. The van der Waals surface area contributed by atoms with Gasteiger partial charge < -0.3 is 10.8 Å². The molecule has 0 aliphatic heterocycles. The highest BCUT2D eigenvalue weighted by Crippen LogP contribution is 2.33. The van der Waals surface area contributed by atoms with Crippen LogP contribution in [0.25, 0.3) is 15.8 Å². The first-order chi connectivity index (χ1) is 10.1. The molecule has 0 aliphatic rings. The fraction of sp³-hybridized carbons (Fsp3) is 0.188. The van der Waals surface area contributed by atoms with Gasteiger partial charge in [-0.05, 0) is 19.1 Å². The maximum Gasteiger partial charge on any atom is 0.141 e. The third-order valence-electron chi connectivity index (χ3n) is 3.12. The number of fused-ring (bicyclic) bond motifs is 1. The fourth-order valence-corrected chi connectivity index (χ4v) is 2.99. The Hall–Kier alpha value is -1.82. The Morgan fingerprint density at radius 1 is 1.57 bits per heavy atom. The Bertz CT molecular complexity index is 718. The minimum Gasteiger partial charge on any atom is -0.385 e. The van der Waals surface area contributed by atoms with E-state index in [9.17, 15) is 9.50 Å². The highest BCUT2D eigenvalue weighted by atomic mass is 32.1. The second-order valence-corrected chi connectivity index (χ2v) is 5.31. The lowest BCUT2D eigenvalue weighted by molar-refractivity contribution is 0.250. The van der Waals surface area contributed by atoms with Crippen LogP contribution >= 0.6 is 11.3 Å². The number of rotatable bonds is 5. The lowest BCUT2D eigenvalue weighted by Gasteiger charge is -2.09. The molecular weight excluding hydrogens is 287 g/mol. The van der Waals surface area contributed by atoms with Crippen LogP contribution in [0.15, 0.2) is 47.3 Å². The molecule has 1 aromatic heterocycles. The third kappa shape index (κ3) is 3.10. The van der Waals surface area contributed by atoms with Crippen molar-refractivity contribution in [3.63, 3.8) is 0 Å². The van der Waals surface area contributed by atoms with Gasteiger partial charge in [-0.15, -0.1) is 11.3 Å². The molecule has 2 aromatic rings. The van der Waals surface area contributed by atoms with Gasteiger partial charge in [-0.1, -0.05) is 24.8 Å². The van der Waals surface area contributed by atoms with Crippen molar-refractivity contribution in [2.75, 3.05) is 6.54 Å². The van der Waals surface area contributed by atoms with E-state index in [1.807, 2.05) is 24.4 Å². The zero-order chi connectivity index (χ0) is 15.4. The summed E-state index contributed by atoms with van der Waals surface area (Å²) in [5.41, 5.74) is 7.35. The standard InChI is InChI=1S/C16H17FN2OS/c1-3-13(19-14(4-2)15(20)8-18)11-9-21-16-10(11)6-5-7-12(16)17/h3-7,9,15,20H,2,8,18H2,1H3/b13-3-,19-14?. The lowest BCUT2D eigenvalue weighted by atomic mass is 10.1. The summed E-state index contributed by atoms with van der Waals surface area (Å²) in [6, 6.07) is 4.97. The number of aliphatic imine (C=N–C) groups is 1. The molecule has 1 aromatic carbocycles. The molecule has 21 heavy (non-hydrogen) atoms. The zero-order valence-corrected chi connectivity index (χ0v) is 12.5. The predicted octanol–water partition coefficient (Wildman–Crippen LogP) is 3.35. The van der Waals surface area contributed by atoms with Gasteiger partial charge in [0.1, 0.15) is 11.9 Å². The van der Waals surface area contributed by atoms with Crippen LogP contribution in [0.4, 0.5) is 4.39 Å². The van der Waals surface area contributed by atoms with Gasteiger partial charge in [-0.2, -0.15) is 0 Å². The molecule has 0 bridgehead atoms. The minimum absolute atomic E-state index is 0.0703. The lowest BCUT2D eigenvalue weighted by Crippen LogP contribution is -2.27. The molecule has 0 amide bonds. The van der Waals surface area contributed by atoms with Gasteiger partial charge in [0.2, 0.25) is 0 Å². The van der Waals surface area contributed by atoms with Crippen molar-refractivity contribution in [2.45, 2.75) is 13.0 Å². The summed E-state index contributed by atoms with van der Waals surface area (Å²) in [5, 5.41) is 12.5. The van der Waals surface area contributed by atoms with E-state index in [1.165, 1.54) is 23.5 Å². The molecule has 0 saturated heterocycles. The van der Waals surface area contributed by atoms with Crippen LogP contribution in [0.1, 0.15) is 12.5 Å². The molecule has 3 nitrogen and oxygen atoms in total. The molecule has 2 rings (SSSR count). The fourth-order valence-electron chi connectivity index (χ4n) is 2.02. The second-order valence-electron chi connectivity index (χ2n) is 4.43. The number of thiophene rings is 1. The highest BCUT2D eigenvalue weighted by Gasteiger charge is 2.13. The van der Waals surface area contributed by atoms with Gasteiger partial charge in [0, 0.05) is 22.9 Å². The molecule has 3 N–H and O–H groups in total. The maximum atomic E-state index is 13.8. The Morgan fingerprint density at radius 3 is 2.95 bits per heavy atom. The monoisotopic (exact) mass is 304 g/mol. The van der Waals surface area contributed by atoms with Crippen molar-refractivity contribution in [2.24, 2.45) is 10.7 Å². The predicted molar refractivity (Wildman–Crippen MR) is 88.1 cm³/mol. The number of aliphatic hydroxyl groups is 1. The van der Waals surface area contributed by atoms with Crippen LogP contribution < -0.4 is 5.73 Å². The Kier molecular flexibility index (Phi) is 5.01. The van der Waals surface area contributed by atoms with Crippen molar-refractivity contribution in [1.82, 2.24) is 0 Å². The number of allylic oxidation sites excluding steroid dienone is 1. The quantitative estimate of drug-likeness (QED) is 0.832. The normalized spacial score (nSPS) is 14.5. The molecule has 1 atom stereocenters. The Balaban J connectivity index is 2.53. The molecule has 0 radical (unpaired) electrons. The molecule has 110 valence electrons. The number of hydrogen-bond donors (Lipinski definition) is 2. The zero-order valence-electron chi connectivity index (χ0n) is 11.7. The molecule has 0 saturated carbocycles. The van der Waals surface area contributed by atoms with Crippen molar-refractivity contribution in [1.29, 1.82) is 0 Å². The smallest absolute Gasteiger partial charge is 0.141 e. The number of benzene rings is 1. The third-order valence-corrected chi connectivity index (χ3v) is 4.13. The molecule has 1 unspecified atom stereocenters. The highest BCUT2D eigenvalue weighted by molar-refractivity contribution is 7.17. The van der Waals surface area contributed by atoms with E-state index in [0.717, 1.165) is 10.9 Å². The summed E-state index contributed by atoms with van der Waals surface area (Å²) >= 11 is 1.33. The van der Waals surface area contributed by atoms with E-state index in [1.54, 1.807) is 6.07 Å². The van der Waals surface area contributed by atoms with Crippen LogP contribution in [0.3, 0.4) is 0 Å². The first-order valence-electron chi connectivity index (χ1n) is 6.54. The van der Waals surface area contributed by atoms with Crippen LogP contribution in [0, 0.1) is 5.82 Å². The minimum atomic E-state index is -0.862. The average Bonchev–Trinajstić information content (AvgIpc) is 2.93. The first-order valence-corrected chi connectivity index (χ1v) is 7.41. The van der Waals surface area contributed by atoms with Gasteiger partial charge in [0.05, 0.1) is 16.1 Å². The van der Waals surface area contributed by atoms with Crippen molar-refractivity contribution in [3.05, 3.63) is 53.7 Å². The van der Waals surface area contributed by atoms with Gasteiger partial charge in [-0.3, -0.25) is 4.99 Å². The van der Waals surface area contributed by atoms with Gasteiger partial charge in [-0.25, -0.2) is 4.39 Å².